The molecule has 0 atom stereocenters. The molecule has 0 spiro atoms. The molecule has 0 saturated heterocycles. The van der Waals surface area contributed by atoms with Gasteiger partial charge < -0.3 is 10.4 Å². The third-order valence-electron chi connectivity index (χ3n) is 2.28. The molecule has 0 aliphatic carbocycles. The third kappa shape index (κ3) is 3.29. The number of hydrogen-bond donors (Lipinski definition) is 3. The van der Waals surface area contributed by atoms with E-state index >= 15 is 0 Å². The lowest BCUT2D eigenvalue weighted by Crippen LogP contribution is -2.20. The van der Waals surface area contributed by atoms with Crippen LogP contribution in [-0.4, -0.2) is 22.1 Å². The molecule has 0 bridgehead atoms. The molecule has 0 radical (unpaired) electrons. The number of anilines is 2. The fourth-order valence-corrected chi connectivity index (χ4v) is 2.24. The van der Waals surface area contributed by atoms with Crippen molar-refractivity contribution in [3.63, 3.8) is 0 Å². The number of nitrogens with one attached hydrogen (secondary N) is 2. The van der Waals surface area contributed by atoms with E-state index < -0.39 is 12.0 Å². The summed E-state index contributed by atoms with van der Waals surface area (Å²) in [4.78, 5) is 26.6. The molecule has 19 heavy (non-hydrogen) atoms. The van der Waals surface area contributed by atoms with Gasteiger partial charge in [0.2, 0.25) is 0 Å². The van der Waals surface area contributed by atoms with E-state index in [1.165, 1.54) is 6.07 Å². The van der Waals surface area contributed by atoms with Crippen LogP contribution in [0.15, 0.2) is 29.8 Å². The van der Waals surface area contributed by atoms with Gasteiger partial charge in [-0.2, -0.15) is 0 Å². The van der Waals surface area contributed by atoms with Crippen LogP contribution in [0, 0.1) is 6.92 Å². The second kappa shape index (κ2) is 5.49. The first-order valence-corrected chi connectivity index (χ1v) is 6.25. The van der Waals surface area contributed by atoms with Crippen LogP contribution in [0.25, 0.3) is 0 Å². The van der Waals surface area contributed by atoms with Crippen LogP contribution in [0.1, 0.15) is 16.1 Å². The van der Waals surface area contributed by atoms with Gasteiger partial charge in [-0.1, -0.05) is 0 Å². The third-order valence-corrected chi connectivity index (χ3v) is 3.11. The van der Waals surface area contributed by atoms with Crippen molar-refractivity contribution in [1.82, 2.24) is 4.98 Å². The number of pyridine rings is 1. The molecule has 2 rings (SSSR count). The van der Waals surface area contributed by atoms with Crippen LogP contribution in [0.4, 0.5) is 15.5 Å². The van der Waals surface area contributed by atoms with E-state index in [1.807, 2.05) is 6.92 Å². The average Bonchev–Trinajstić information content (AvgIpc) is 2.76. The maximum atomic E-state index is 11.7. The Morgan fingerprint density at radius 3 is 2.79 bits per heavy atom. The van der Waals surface area contributed by atoms with Crippen molar-refractivity contribution in [2.45, 2.75) is 6.92 Å². The van der Waals surface area contributed by atoms with Crippen LogP contribution >= 0.6 is 11.3 Å². The van der Waals surface area contributed by atoms with Gasteiger partial charge in [0.15, 0.2) is 0 Å². The molecule has 0 aromatic carbocycles. The first-order valence-electron chi connectivity index (χ1n) is 5.37. The molecule has 6 nitrogen and oxygen atoms in total. The number of urea groups is 1. The maximum absolute atomic E-state index is 11.7. The van der Waals surface area contributed by atoms with Crippen molar-refractivity contribution in [1.29, 1.82) is 0 Å². The molecular weight excluding hydrogens is 266 g/mol. The van der Waals surface area contributed by atoms with Gasteiger partial charge >= 0.3 is 12.0 Å². The number of aromatic carboxylic acids is 1. The Kier molecular flexibility index (Phi) is 3.76. The highest BCUT2D eigenvalue weighted by molar-refractivity contribution is 7.14. The van der Waals surface area contributed by atoms with Crippen LogP contribution in [0.2, 0.25) is 0 Å². The second-order valence-electron chi connectivity index (χ2n) is 3.73. The van der Waals surface area contributed by atoms with Crippen LogP contribution in [-0.2, 0) is 0 Å². The van der Waals surface area contributed by atoms with Crippen molar-refractivity contribution in [3.05, 3.63) is 41.0 Å². The van der Waals surface area contributed by atoms with Crippen LogP contribution < -0.4 is 10.6 Å². The molecule has 0 saturated carbocycles. The average molecular weight is 277 g/mol. The summed E-state index contributed by atoms with van der Waals surface area (Å²) < 4.78 is 0. The van der Waals surface area contributed by atoms with E-state index in [0.29, 0.717) is 10.7 Å². The minimum Gasteiger partial charge on any atom is -0.478 e. The minimum atomic E-state index is -1.07. The largest absolute Gasteiger partial charge is 0.478 e. The number of carbonyl (C=O) groups excluding carboxylic acids is 1. The fraction of sp³-hybridized carbons (Fsp3) is 0.0833. The highest BCUT2D eigenvalue weighted by Crippen LogP contribution is 2.23. The SMILES string of the molecule is Cc1cc(NC(=O)Nc2sccc2C(=O)O)ccn1. The van der Waals surface area contributed by atoms with Gasteiger partial charge in [0.05, 0.1) is 5.56 Å². The Balaban J connectivity index is 2.05. The monoisotopic (exact) mass is 277 g/mol. The van der Waals surface area contributed by atoms with E-state index in [1.54, 1.807) is 23.7 Å². The smallest absolute Gasteiger partial charge is 0.338 e. The number of thiophene rings is 1. The van der Waals surface area contributed by atoms with E-state index in [9.17, 15) is 9.59 Å². The topological polar surface area (TPSA) is 91.3 Å². The van der Waals surface area contributed by atoms with Gasteiger partial charge in [0.1, 0.15) is 5.00 Å². The molecule has 0 fully saturated rings. The molecule has 98 valence electrons. The predicted octanol–water partition coefficient (Wildman–Crippen LogP) is 2.79. The zero-order valence-electron chi connectivity index (χ0n) is 10.0. The zero-order valence-corrected chi connectivity index (χ0v) is 10.8. The molecule has 0 aliphatic rings. The summed E-state index contributed by atoms with van der Waals surface area (Å²) >= 11 is 1.15. The Bertz CT molecular complexity index is 624. The van der Waals surface area contributed by atoms with E-state index in [4.69, 9.17) is 5.11 Å². The van der Waals surface area contributed by atoms with Gasteiger partial charge in [-0.15, -0.1) is 11.3 Å². The summed E-state index contributed by atoms with van der Waals surface area (Å²) in [5.41, 5.74) is 1.45. The van der Waals surface area contributed by atoms with Crippen molar-refractivity contribution < 1.29 is 14.7 Å². The van der Waals surface area contributed by atoms with Gasteiger partial charge in [-0.25, -0.2) is 9.59 Å². The number of rotatable bonds is 3. The molecule has 2 aromatic heterocycles. The Hall–Kier alpha value is -2.41. The number of amides is 2. The number of carboxylic acid groups (broad SMARTS) is 1. The normalized spacial score (nSPS) is 9.95. The lowest BCUT2D eigenvalue weighted by molar-refractivity contribution is 0.0698. The van der Waals surface area contributed by atoms with Crippen LogP contribution in [0.5, 0.6) is 0 Å². The van der Waals surface area contributed by atoms with Crippen molar-refractivity contribution in [3.8, 4) is 0 Å². The molecule has 2 heterocycles. The first-order chi connectivity index (χ1) is 9.06. The molecule has 0 unspecified atom stereocenters. The zero-order chi connectivity index (χ0) is 13.8. The molecule has 3 N–H and O–H groups in total. The number of aryl methyl sites for hydroxylation is 1. The molecular formula is C12H11N3O3S. The summed E-state index contributed by atoms with van der Waals surface area (Å²) in [6.45, 7) is 1.81. The van der Waals surface area contributed by atoms with E-state index in [-0.39, 0.29) is 5.56 Å². The molecule has 7 heteroatoms. The van der Waals surface area contributed by atoms with Crippen LogP contribution in [0.3, 0.4) is 0 Å². The highest BCUT2D eigenvalue weighted by Gasteiger charge is 2.13. The molecule has 0 aliphatic heterocycles. The maximum Gasteiger partial charge on any atom is 0.338 e. The first kappa shape index (κ1) is 13.0. The van der Waals surface area contributed by atoms with Crippen molar-refractivity contribution >= 4 is 34.0 Å². The van der Waals surface area contributed by atoms with E-state index in [2.05, 4.69) is 15.6 Å². The summed E-state index contributed by atoms with van der Waals surface area (Å²) in [7, 11) is 0. The fourth-order valence-electron chi connectivity index (χ4n) is 1.46. The highest BCUT2D eigenvalue weighted by atomic mass is 32.1. The van der Waals surface area contributed by atoms with Crippen molar-refractivity contribution in [2.75, 3.05) is 10.6 Å². The summed E-state index contributed by atoms with van der Waals surface area (Å²) in [6, 6.07) is 4.32. The van der Waals surface area contributed by atoms with Crippen molar-refractivity contribution in [2.24, 2.45) is 0 Å². The molecule has 2 aromatic rings. The Morgan fingerprint density at radius 2 is 2.11 bits per heavy atom. The van der Waals surface area contributed by atoms with E-state index in [0.717, 1.165) is 17.0 Å². The number of aromatic nitrogens is 1. The summed E-state index contributed by atoms with van der Waals surface area (Å²) in [6.07, 6.45) is 1.58. The Labute approximate surface area is 113 Å². The summed E-state index contributed by atoms with van der Waals surface area (Å²) in [5, 5.41) is 15.9. The number of carbonyl (C=O) groups is 2. The lowest BCUT2D eigenvalue weighted by Gasteiger charge is -2.07. The lowest BCUT2D eigenvalue weighted by atomic mass is 10.3. The molecule has 2 amide bonds. The Morgan fingerprint density at radius 1 is 1.32 bits per heavy atom. The minimum absolute atomic E-state index is 0.0751. The second-order valence-corrected chi connectivity index (χ2v) is 4.65. The number of nitrogens with zero attached hydrogens (tertiary/aromatic N) is 1. The summed E-state index contributed by atoms with van der Waals surface area (Å²) in [5.74, 6) is -1.07. The quantitative estimate of drug-likeness (QED) is 0.804. The van der Waals surface area contributed by atoms with Gasteiger partial charge in [-0.3, -0.25) is 10.3 Å². The number of hydrogen-bond acceptors (Lipinski definition) is 4. The van der Waals surface area contributed by atoms with Gasteiger partial charge in [0.25, 0.3) is 0 Å². The van der Waals surface area contributed by atoms with Gasteiger partial charge in [-0.05, 0) is 30.5 Å². The van der Waals surface area contributed by atoms with Gasteiger partial charge in [0, 0.05) is 17.6 Å². The number of carboxylic acids is 1. The standard InChI is InChI=1S/C12H11N3O3S/c1-7-6-8(2-4-13-7)14-12(18)15-10-9(11(16)17)3-5-19-10/h2-6H,1H3,(H,16,17)(H2,13,14,15,18). The predicted molar refractivity (Wildman–Crippen MR) is 72.9 cm³/mol.